The third kappa shape index (κ3) is 1.28. The first-order chi connectivity index (χ1) is 7.27. The van der Waals surface area contributed by atoms with E-state index in [2.05, 4.69) is 18.2 Å². The largest absolute Gasteiger partial charge is 0.295 e. The molecule has 1 aromatic heterocycles. The van der Waals surface area contributed by atoms with Crippen LogP contribution in [0.25, 0.3) is 5.70 Å². The van der Waals surface area contributed by atoms with E-state index in [0.717, 1.165) is 11.7 Å². The Morgan fingerprint density at radius 1 is 1.47 bits per heavy atom. The highest BCUT2D eigenvalue weighted by molar-refractivity contribution is 7.95. The molecule has 0 bridgehead atoms. The molecule has 0 radical (unpaired) electrons. The molecular weight excluding hydrogens is 238 g/mol. The van der Waals surface area contributed by atoms with E-state index in [1.807, 2.05) is 0 Å². The maximum Gasteiger partial charge on any atom is 0.295 e. The molecule has 1 aliphatic heterocycles. The van der Waals surface area contributed by atoms with Crippen molar-refractivity contribution in [1.82, 2.24) is 18.2 Å². The van der Waals surface area contributed by atoms with E-state index in [9.17, 15) is 10.1 Å². The first-order valence-corrected chi connectivity index (χ1v) is 5.68. The molecule has 2 N–H and O–H groups in total. The van der Waals surface area contributed by atoms with Gasteiger partial charge >= 0.3 is 0 Å². The van der Waals surface area contributed by atoms with Crippen molar-refractivity contribution in [3.63, 3.8) is 0 Å². The molecule has 0 spiro atoms. The van der Waals surface area contributed by atoms with Gasteiger partial charge in [-0.15, -0.1) is 0 Å². The second-order valence-corrected chi connectivity index (χ2v) is 4.35. The lowest BCUT2D eigenvalue weighted by atomic mass is 9.97. The zero-order valence-corrected chi connectivity index (χ0v) is 8.84. The molecule has 7 nitrogen and oxygen atoms in total. The summed E-state index contributed by atoms with van der Waals surface area (Å²) in [6.45, 7) is 0. The minimum atomic E-state index is -0.416. The molecule has 1 aromatic rings. The number of nitrogens with one attached hydrogen (secondary N) is 2. The quantitative estimate of drug-likeness (QED) is 0.417. The molecule has 1 fully saturated rings. The van der Waals surface area contributed by atoms with Gasteiger partial charge in [0.15, 0.2) is 5.69 Å². The Morgan fingerprint density at radius 3 is 3.13 bits per heavy atom. The van der Waals surface area contributed by atoms with Gasteiger partial charge in [-0.2, -0.15) is 8.75 Å². The summed E-state index contributed by atoms with van der Waals surface area (Å²) in [7, 11) is 0. The minimum absolute atomic E-state index is 0.0209. The van der Waals surface area contributed by atoms with E-state index in [0.29, 0.717) is 11.4 Å². The Morgan fingerprint density at radius 2 is 2.33 bits per heavy atom. The van der Waals surface area contributed by atoms with Crippen LogP contribution in [0.2, 0.25) is 0 Å². The lowest BCUT2D eigenvalue weighted by molar-refractivity contribution is -0.376. The molecule has 0 saturated carbocycles. The minimum Gasteiger partial charge on any atom is -0.258 e. The number of nitro groups is 1. The first kappa shape index (κ1) is 9.21. The molecule has 2 atom stereocenters. The van der Waals surface area contributed by atoms with Crippen molar-refractivity contribution >= 4 is 29.6 Å². The van der Waals surface area contributed by atoms with Gasteiger partial charge in [-0.1, -0.05) is 0 Å². The molecule has 15 heavy (non-hydrogen) atoms. The molecule has 2 aliphatic rings. The molecule has 0 amide bonds. The number of hydrogen-bond donors (Lipinski definition) is 2. The van der Waals surface area contributed by atoms with E-state index in [-0.39, 0.29) is 17.8 Å². The number of hydrogen-bond acceptors (Lipinski definition) is 8. The summed E-state index contributed by atoms with van der Waals surface area (Å²) in [6.07, 6.45) is 1.58. The fourth-order valence-electron chi connectivity index (χ4n) is 1.64. The smallest absolute Gasteiger partial charge is 0.258 e. The SMILES string of the molecule is O=[N+]([O-])C1=C[C@H]2NSN[C@H]2c2nsnc21. The highest BCUT2D eigenvalue weighted by Crippen LogP contribution is 2.36. The Balaban J connectivity index is 2.15. The maximum atomic E-state index is 10.8. The Kier molecular flexibility index (Phi) is 1.99. The van der Waals surface area contributed by atoms with E-state index in [1.54, 1.807) is 6.08 Å². The lowest BCUT2D eigenvalue weighted by Gasteiger charge is -2.16. The number of rotatable bonds is 1. The average molecular weight is 243 g/mol. The van der Waals surface area contributed by atoms with Gasteiger partial charge in [-0.3, -0.25) is 10.1 Å². The average Bonchev–Trinajstić information content (AvgIpc) is 2.83. The van der Waals surface area contributed by atoms with E-state index >= 15 is 0 Å². The van der Waals surface area contributed by atoms with Crippen molar-refractivity contribution in [3.05, 3.63) is 27.6 Å². The summed E-state index contributed by atoms with van der Waals surface area (Å²) >= 11 is 2.33. The topological polar surface area (TPSA) is 93.0 Å². The molecule has 0 unspecified atom stereocenters. The monoisotopic (exact) mass is 243 g/mol. The highest BCUT2D eigenvalue weighted by atomic mass is 32.2. The molecule has 0 aromatic carbocycles. The summed E-state index contributed by atoms with van der Waals surface area (Å²) in [5.41, 5.74) is 1.09. The molecule has 2 heterocycles. The van der Waals surface area contributed by atoms with Crippen molar-refractivity contribution < 1.29 is 4.92 Å². The van der Waals surface area contributed by atoms with E-state index in [4.69, 9.17) is 0 Å². The lowest BCUT2D eigenvalue weighted by Crippen LogP contribution is -2.29. The summed E-state index contributed by atoms with van der Waals surface area (Å²) in [5, 5.41) is 10.8. The van der Waals surface area contributed by atoms with Crippen LogP contribution in [0.3, 0.4) is 0 Å². The molecule has 1 aliphatic carbocycles. The standard InChI is InChI=1S/C6H5N5O2S2/c12-11(13)3-1-2-4(8-14-7-2)6-5(3)9-15-10-6/h1-2,4,7-8H/t2-,4-/m1/s1. The normalized spacial score (nSPS) is 28.1. The first-order valence-electron chi connectivity index (χ1n) is 4.13. The summed E-state index contributed by atoms with van der Waals surface area (Å²) < 4.78 is 14.2. The van der Waals surface area contributed by atoms with Crippen molar-refractivity contribution in [3.8, 4) is 0 Å². The fraction of sp³-hybridized carbons (Fsp3) is 0.333. The molecular formula is C6H5N5O2S2. The van der Waals surface area contributed by atoms with Crippen molar-refractivity contribution in [2.75, 3.05) is 0 Å². The van der Waals surface area contributed by atoms with Crippen LogP contribution in [0.5, 0.6) is 0 Å². The number of nitrogens with zero attached hydrogens (tertiary/aromatic N) is 3. The summed E-state index contributed by atoms with van der Waals surface area (Å²) in [6, 6.07) is -0.112. The Hall–Kier alpha value is -1.03. The van der Waals surface area contributed by atoms with Gasteiger partial charge in [-0.05, 0) is 0 Å². The highest BCUT2D eigenvalue weighted by Gasteiger charge is 2.40. The molecule has 3 rings (SSSR count). The third-order valence-corrected chi connectivity index (χ3v) is 3.63. The summed E-state index contributed by atoms with van der Waals surface area (Å²) in [5.74, 6) is 0. The molecule has 78 valence electrons. The van der Waals surface area contributed by atoms with Crippen LogP contribution >= 0.6 is 23.9 Å². The fourth-order valence-corrected chi connectivity index (χ4v) is 3.03. The van der Waals surface area contributed by atoms with Gasteiger partial charge in [0, 0.05) is 18.2 Å². The van der Waals surface area contributed by atoms with Crippen LogP contribution < -0.4 is 9.44 Å². The molecule has 9 heteroatoms. The molecule has 1 saturated heterocycles. The zero-order valence-electron chi connectivity index (χ0n) is 7.21. The van der Waals surface area contributed by atoms with E-state index < -0.39 is 4.92 Å². The maximum absolute atomic E-state index is 10.8. The van der Waals surface area contributed by atoms with Crippen LogP contribution in [0.1, 0.15) is 17.4 Å². The predicted octanol–water partition coefficient (Wildman–Crippen LogP) is 0.335. The van der Waals surface area contributed by atoms with Crippen LogP contribution in [0.15, 0.2) is 6.08 Å². The van der Waals surface area contributed by atoms with Gasteiger partial charge in [0.1, 0.15) is 5.69 Å². The second-order valence-electron chi connectivity index (χ2n) is 3.15. The van der Waals surface area contributed by atoms with Gasteiger partial charge < -0.3 is 0 Å². The van der Waals surface area contributed by atoms with Crippen LogP contribution in [0, 0.1) is 10.1 Å². The zero-order chi connectivity index (χ0) is 10.4. The number of aromatic nitrogens is 2. The van der Waals surface area contributed by atoms with Gasteiger partial charge in [0.05, 0.1) is 28.7 Å². The van der Waals surface area contributed by atoms with Crippen LogP contribution in [0.4, 0.5) is 0 Å². The van der Waals surface area contributed by atoms with Crippen LogP contribution in [-0.2, 0) is 0 Å². The predicted molar refractivity (Wildman–Crippen MR) is 55.3 cm³/mol. The number of fused-ring (bicyclic) bond motifs is 3. The Bertz CT molecular complexity index is 458. The second kappa shape index (κ2) is 3.23. The van der Waals surface area contributed by atoms with Crippen molar-refractivity contribution in [2.45, 2.75) is 12.1 Å². The Labute approximate surface area is 92.7 Å². The van der Waals surface area contributed by atoms with Crippen molar-refractivity contribution in [2.24, 2.45) is 0 Å². The van der Waals surface area contributed by atoms with Gasteiger partial charge in [-0.25, -0.2) is 9.44 Å². The summed E-state index contributed by atoms with van der Waals surface area (Å²) in [4.78, 5) is 10.4. The van der Waals surface area contributed by atoms with Crippen molar-refractivity contribution in [1.29, 1.82) is 0 Å². The van der Waals surface area contributed by atoms with E-state index in [1.165, 1.54) is 12.1 Å². The van der Waals surface area contributed by atoms with Gasteiger partial charge in [0.25, 0.3) is 5.70 Å². The third-order valence-electron chi connectivity index (χ3n) is 2.33. The van der Waals surface area contributed by atoms with Gasteiger partial charge in [0.2, 0.25) is 0 Å². The van der Waals surface area contributed by atoms with Crippen LogP contribution in [-0.4, -0.2) is 19.7 Å².